The molecule has 0 radical (unpaired) electrons. The van der Waals surface area contributed by atoms with Gasteiger partial charge in [0.15, 0.2) is 0 Å². The molecule has 0 unspecified atom stereocenters. The molecule has 0 aromatic heterocycles. The molecule has 7 heteroatoms. The number of aliphatic hydroxyl groups is 1. The van der Waals surface area contributed by atoms with E-state index in [2.05, 4.69) is 5.32 Å². The van der Waals surface area contributed by atoms with E-state index >= 15 is 0 Å². The third-order valence-electron chi connectivity index (χ3n) is 3.59. The highest BCUT2D eigenvalue weighted by Gasteiger charge is 2.24. The molecule has 0 aliphatic carbocycles. The minimum absolute atomic E-state index is 0.138. The quantitative estimate of drug-likeness (QED) is 0.600. The largest absolute Gasteiger partial charge is 0.395 e. The van der Waals surface area contributed by atoms with Gasteiger partial charge >= 0.3 is 0 Å². The van der Waals surface area contributed by atoms with Crippen LogP contribution in [0.1, 0.15) is 15.9 Å². The molecule has 0 spiro atoms. The maximum atomic E-state index is 12.8. The van der Waals surface area contributed by atoms with Gasteiger partial charge in [-0.3, -0.25) is 14.9 Å². The van der Waals surface area contributed by atoms with E-state index < -0.39 is 4.92 Å². The number of anilines is 1. The van der Waals surface area contributed by atoms with E-state index in [4.69, 9.17) is 0 Å². The Labute approximate surface area is 139 Å². The van der Waals surface area contributed by atoms with Gasteiger partial charge < -0.3 is 15.3 Å². The lowest BCUT2D eigenvalue weighted by atomic mass is 10.1. The zero-order valence-corrected chi connectivity index (χ0v) is 13.3. The van der Waals surface area contributed by atoms with Crippen LogP contribution in [-0.2, 0) is 6.54 Å². The van der Waals surface area contributed by atoms with Crippen molar-refractivity contribution in [3.8, 4) is 0 Å². The molecule has 2 N–H and O–H groups in total. The van der Waals surface area contributed by atoms with Crippen molar-refractivity contribution >= 4 is 17.3 Å². The number of para-hydroxylation sites is 1. The Morgan fingerprint density at radius 1 is 1.21 bits per heavy atom. The lowest BCUT2D eigenvalue weighted by Crippen LogP contribution is -2.33. The standard InChI is InChI=1S/C17H19N3O4/c1-18-16-14(8-5-9-15(16)20(23)24)17(22)19(10-11-21)12-13-6-3-2-4-7-13/h2-9,18,21H,10-12H2,1H3. The van der Waals surface area contributed by atoms with Crippen LogP contribution in [0.15, 0.2) is 48.5 Å². The molecule has 0 aliphatic rings. The van der Waals surface area contributed by atoms with Crippen molar-refractivity contribution in [2.24, 2.45) is 0 Å². The van der Waals surface area contributed by atoms with E-state index in [0.717, 1.165) is 5.56 Å². The number of nitro groups is 1. The molecule has 2 rings (SSSR count). The fourth-order valence-corrected chi connectivity index (χ4v) is 2.48. The van der Waals surface area contributed by atoms with Crippen molar-refractivity contribution in [3.05, 3.63) is 69.8 Å². The third kappa shape index (κ3) is 3.88. The van der Waals surface area contributed by atoms with Gasteiger partial charge in [-0.2, -0.15) is 0 Å². The van der Waals surface area contributed by atoms with E-state index in [9.17, 15) is 20.0 Å². The number of amides is 1. The Kier molecular flexibility index (Phi) is 5.86. The Balaban J connectivity index is 2.36. The molecule has 7 nitrogen and oxygen atoms in total. The summed E-state index contributed by atoms with van der Waals surface area (Å²) in [6, 6.07) is 13.7. The van der Waals surface area contributed by atoms with Gasteiger partial charge in [0.1, 0.15) is 5.69 Å². The topological polar surface area (TPSA) is 95.7 Å². The number of carbonyl (C=O) groups excluding carboxylic acids is 1. The summed E-state index contributed by atoms with van der Waals surface area (Å²) in [5, 5.41) is 23.1. The zero-order valence-electron chi connectivity index (χ0n) is 13.3. The summed E-state index contributed by atoms with van der Waals surface area (Å²) in [5.41, 5.74) is 1.13. The predicted molar refractivity (Wildman–Crippen MR) is 90.9 cm³/mol. The Hall–Kier alpha value is -2.93. The van der Waals surface area contributed by atoms with Gasteiger partial charge in [-0.15, -0.1) is 0 Å². The highest BCUT2D eigenvalue weighted by molar-refractivity contribution is 6.01. The maximum absolute atomic E-state index is 12.8. The highest BCUT2D eigenvalue weighted by Crippen LogP contribution is 2.29. The van der Waals surface area contributed by atoms with Crippen molar-refractivity contribution < 1.29 is 14.8 Å². The normalized spacial score (nSPS) is 10.2. The van der Waals surface area contributed by atoms with Gasteiger partial charge in [-0.05, 0) is 11.6 Å². The number of nitrogens with zero attached hydrogens (tertiary/aromatic N) is 2. The van der Waals surface area contributed by atoms with Crippen molar-refractivity contribution in [2.45, 2.75) is 6.54 Å². The van der Waals surface area contributed by atoms with Gasteiger partial charge in [-0.1, -0.05) is 36.4 Å². The Bertz CT molecular complexity index is 719. The van der Waals surface area contributed by atoms with Crippen LogP contribution in [0.2, 0.25) is 0 Å². The maximum Gasteiger partial charge on any atom is 0.293 e. The number of nitrogens with one attached hydrogen (secondary N) is 1. The number of carbonyl (C=O) groups is 1. The average Bonchev–Trinajstić information content (AvgIpc) is 2.60. The van der Waals surface area contributed by atoms with Crippen LogP contribution in [0.25, 0.3) is 0 Å². The number of nitro benzene ring substituents is 1. The lowest BCUT2D eigenvalue weighted by Gasteiger charge is -2.23. The first kappa shape index (κ1) is 17.4. The number of aliphatic hydroxyl groups excluding tert-OH is 1. The van der Waals surface area contributed by atoms with E-state index in [1.54, 1.807) is 0 Å². The molecule has 0 fully saturated rings. The van der Waals surface area contributed by atoms with Gasteiger partial charge in [0.2, 0.25) is 0 Å². The molecule has 0 atom stereocenters. The fourth-order valence-electron chi connectivity index (χ4n) is 2.48. The number of hydrogen-bond donors (Lipinski definition) is 2. The van der Waals surface area contributed by atoms with Gasteiger partial charge in [0, 0.05) is 26.2 Å². The summed E-state index contributed by atoms with van der Waals surface area (Å²) in [5.74, 6) is -0.374. The third-order valence-corrected chi connectivity index (χ3v) is 3.59. The summed E-state index contributed by atoms with van der Waals surface area (Å²) in [7, 11) is 1.53. The zero-order chi connectivity index (χ0) is 17.5. The minimum atomic E-state index is -0.532. The summed E-state index contributed by atoms with van der Waals surface area (Å²) in [4.78, 5) is 24.9. The molecular weight excluding hydrogens is 310 g/mol. The summed E-state index contributed by atoms with van der Waals surface area (Å²) in [6.07, 6.45) is 0. The highest BCUT2D eigenvalue weighted by atomic mass is 16.6. The molecule has 2 aromatic carbocycles. The summed E-state index contributed by atoms with van der Waals surface area (Å²) in [6.45, 7) is 0.258. The molecular formula is C17H19N3O4. The first-order valence-corrected chi connectivity index (χ1v) is 7.47. The number of benzene rings is 2. The van der Waals surface area contributed by atoms with E-state index in [-0.39, 0.29) is 36.0 Å². The molecule has 0 bridgehead atoms. The monoisotopic (exact) mass is 329 g/mol. The van der Waals surface area contributed by atoms with Crippen LogP contribution in [0, 0.1) is 10.1 Å². The smallest absolute Gasteiger partial charge is 0.293 e. The molecule has 24 heavy (non-hydrogen) atoms. The minimum Gasteiger partial charge on any atom is -0.395 e. The average molecular weight is 329 g/mol. The van der Waals surface area contributed by atoms with Crippen molar-refractivity contribution in [1.82, 2.24) is 4.90 Å². The van der Waals surface area contributed by atoms with Crippen LogP contribution in [0.4, 0.5) is 11.4 Å². The molecule has 1 amide bonds. The van der Waals surface area contributed by atoms with Gasteiger partial charge in [0.05, 0.1) is 17.1 Å². The van der Waals surface area contributed by atoms with Crippen LogP contribution in [0.3, 0.4) is 0 Å². The Morgan fingerprint density at radius 2 is 1.92 bits per heavy atom. The van der Waals surface area contributed by atoms with Crippen LogP contribution < -0.4 is 5.32 Å². The summed E-state index contributed by atoms with van der Waals surface area (Å²) >= 11 is 0. The molecule has 126 valence electrons. The fraction of sp³-hybridized carbons (Fsp3) is 0.235. The van der Waals surface area contributed by atoms with Crippen molar-refractivity contribution in [3.63, 3.8) is 0 Å². The summed E-state index contributed by atoms with van der Waals surface area (Å²) < 4.78 is 0. The van der Waals surface area contributed by atoms with Gasteiger partial charge in [0.25, 0.3) is 11.6 Å². The van der Waals surface area contributed by atoms with Crippen molar-refractivity contribution in [1.29, 1.82) is 0 Å². The first-order valence-electron chi connectivity index (χ1n) is 7.47. The molecule has 0 saturated heterocycles. The molecule has 0 aliphatic heterocycles. The van der Waals surface area contributed by atoms with E-state index in [1.807, 2.05) is 30.3 Å². The molecule has 0 heterocycles. The second-order valence-corrected chi connectivity index (χ2v) is 5.14. The van der Waals surface area contributed by atoms with Crippen LogP contribution >= 0.6 is 0 Å². The van der Waals surface area contributed by atoms with E-state index in [0.29, 0.717) is 6.54 Å². The lowest BCUT2D eigenvalue weighted by molar-refractivity contribution is -0.384. The van der Waals surface area contributed by atoms with E-state index in [1.165, 1.54) is 30.1 Å². The second-order valence-electron chi connectivity index (χ2n) is 5.14. The Morgan fingerprint density at radius 3 is 2.50 bits per heavy atom. The predicted octanol–water partition coefficient (Wildman–Crippen LogP) is 2.27. The second kappa shape index (κ2) is 8.07. The SMILES string of the molecule is CNc1c(C(=O)N(CCO)Cc2ccccc2)cccc1[N+](=O)[O-]. The molecule has 0 saturated carbocycles. The molecule has 2 aromatic rings. The number of hydrogen-bond acceptors (Lipinski definition) is 5. The number of rotatable bonds is 7. The van der Waals surface area contributed by atoms with Gasteiger partial charge in [-0.25, -0.2) is 0 Å². The van der Waals surface area contributed by atoms with Crippen LogP contribution in [0.5, 0.6) is 0 Å². The first-order chi connectivity index (χ1) is 11.6. The van der Waals surface area contributed by atoms with Crippen molar-refractivity contribution in [2.75, 3.05) is 25.5 Å². The van der Waals surface area contributed by atoms with Crippen LogP contribution in [-0.4, -0.2) is 41.0 Å².